The number of carbonyl (C=O) groups excluding carboxylic acids is 1. The molecule has 1 aromatic rings. The van der Waals surface area contributed by atoms with Gasteiger partial charge in [-0.3, -0.25) is 0 Å². The standard InChI is InChI=1S/C12H11F3O2/c13-12(14,15)11(7-16)8-2-1-3-10(6-8)17-9-4-5-9/h1-3,6-7,9,11H,4-5H2. The van der Waals surface area contributed by atoms with E-state index in [1.165, 1.54) is 18.2 Å². The zero-order valence-corrected chi connectivity index (χ0v) is 8.91. The maximum atomic E-state index is 12.5. The molecule has 0 saturated heterocycles. The lowest BCUT2D eigenvalue weighted by molar-refractivity contribution is -0.155. The number of benzene rings is 1. The second kappa shape index (κ2) is 4.39. The van der Waals surface area contributed by atoms with E-state index >= 15 is 0 Å². The fourth-order valence-electron chi connectivity index (χ4n) is 1.50. The van der Waals surface area contributed by atoms with E-state index in [0.29, 0.717) is 5.75 Å². The van der Waals surface area contributed by atoms with Gasteiger partial charge >= 0.3 is 6.18 Å². The highest BCUT2D eigenvalue weighted by atomic mass is 19.4. The highest BCUT2D eigenvalue weighted by Gasteiger charge is 2.40. The predicted octanol–water partition coefficient (Wildman–Crippen LogP) is 3.07. The molecule has 92 valence electrons. The molecular formula is C12H11F3O2. The highest BCUT2D eigenvalue weighted by molar-refractivity contribution is 5.64. The summed E-state index contributed by atoms with van der Waals surface area (Å²) in [6.07, 6.45) is -2.66. The number of ether oxygens (including phenoxy) is 1. The van der Waals surface area contributed by atoms with E-state index in [9.17, 15) is 18.0 Å². The zero-order valence-electron chi connectivity index (χ0n) is 8.91. The second-order valence-corrected chi connectivity index (χ2v) is 4.05. The zero-order chi connectivity index (χ0) is 12.5. The van der Waals surface area contributed by atoms with Crippen LogP contribution in [-0.2, 0) is 4.79 Å². The average molecular weight is 244 g/mol. The van der Waals surface area contributed by atoms with Gasteiger partial charge in [-0.05, 0) is 30.5 Å². The Labute approximate surface area is 96.4 Å². The molecule has 1 unspecified atom stereocenters. The molecular weight excluding hydrogens is 233 g/mol. The molecule has 0 aromatic heterocycles. The van der Waals surface area contributed by atoms with E-state index in [2.05, 4.69) is 0 Å². The molecule has 1 aliphatic carbocycles. The summed E-state index contributed by atoms with van der Waals surface area (Å²) in [4.78, 5) is 10.5. The van der Waals surface area contributed by atoms with Gasteiger partial charge in [-0.25, -0.2) is 0 Å². The van der Waals surface area contributed by atoms with Gasteiger partial charge in [-0.2, -0.15) is 13.2 Å². The largest absolute Gasteiger partial charge is 0.490 e. The molecule has 1 fully saturated rings. The summed E-state index contributed by atoms with van der Waals surface area (Å²) < 4.78 is 43.0. The number of aldehydes is 1. The van der Waals surface area contributed by atoms with Crippen molar-refractivity contribution in [3.8, 4) is 5.75 Å². The minimum Gasteiger partial charge on any atom is -0.490 e. The normalized spacial score (nSPS) is 17.6. The van der Waals surface area contributed by atoms with Crippen molar-refractivity contribution in [1.82, 2.24) is 0 Å². The Hall–Kier alpha value is -1.52. The first-order valence-electron chi connectivity index (χ1n) is 5.29. The number of alkyl halides is 3. The molecule has 2 rings (SSSR count). The van der Waals surface area contributed by atoms with Crippen molar-refractivity contribution < 1.29 is 22.7 Å². The van der Waals surface area contributed by atoms with Crippen LogP contribution in [0.15, 0.2) is 24.3 Å². The highest BCUT2D eigenvalue weighted by Crippen LogP contribution is 2.35. The van der Waals surface area contributed by atoms with Crippen molar-refractivity contribution in [1.29, 1.82) is 0 Å². The monoisotopic (exact) mass is 244 g/mol. The van der Waals surface area contributed by atoms with Gasteiger partial charge in [0.15, 0.2) is 0 Å². The first-order chi connectivity index (χ1) is 8.00. The lowest BCUT2D eigenvalue weighted by Gasteiger charge is -2.15. The van der Waals surface area contributed by atoms with Crippen LogP contribution in [0.5, 0.6) is 5.75 Å². The van der Waals surface area contributed by atoms with Crippen molar-refractivity contribution in [2.45, 2.75) is 31.0 Å². The first kappa shape index (κ1) is 12.0. The number of hydrogen-bond donors (Lipinski definition) is 0. The third-order valence-corrected chi connectivity index (χ3v) is 2.53. The van der Waals surface area contributed by atoms with Crippen molar-refractivity contribution in [2.75, 3.05) is 0 Å². The van der Waals surface area contributed by atoms with Crippen molar-refractivity contribution >= 4 is 6.29 Å². The van der Waals surface area contributed by atoms with E-state index in [-0.39, 0.29) is 18.0 Å². The molecule has 1 atom stereocenters. The summed E-state index contributed by atoms with van der Waals surface area (Å²) in [5, 5.41) is 0. The summed E-state index contributed by atoms with van der Waals surface area (Å²) in [7, 11) is 0. The molecule has 2 nitrogen and oxygen atoms in total. The Morgan fingerprint density at radius 2 is 2.06 bits per heavy atom. The lowest BCUT2D eigenvalue weighted by Crippen LogP contribution is -2.22. The third-order valence-electron chi connectivity index (χ3n) is 2.53. The quantitative estimate of drug-likeness (QED) is 0.761. The number of halogens is 3. The van der Waals surface area contributed by atoms with E-state index in [4.69, 9.17) is 4.74 Å². The SMILES string of the molecule is O=CC(c1cccc(OC2CC2)c1)C(F)(F)F. The van der Waals surface area contributed by atoms with Crippen LogP contribution >= 0.6 is 0 Å². The second-order valence-electron chi connectivity index (χ2n) is 4.05. The molecule has 17 heavy (non-hydrogen) atoms. The molecule has 0 radical (unpaired) electrons. The van der Waals surface area contributed by atoms with Crippen LogP contribution in [0.4, 0.5) is 13.2 Å². The molecule has 0 spiro atoms. The number of hydrogen-bond acceptors (Lipinski definition) is 2. The fourth-order valence-corrected chi connectivity index (χ4v) is 1.50. The van der Waals surface area contributed by atoms with Crippen LogP contribution in [0.1, 0.15) is 24.3 Å². The number of carbonyl (C=O) groups is 1. The smallest absolute Gasteiger partial charge is 0.402 e. The van der Waals surface area contributed by atoms with Gasteiger partial charge in [0.2, 0.25) is 0 Å². The maximum absolute atomic E-state index is 12.5. The maximum Gasteiger partial charge on any atom is 0.402 e. The van der Waals surface area contributed by atoms with Crippen LogP contribution < -0.4 is 4.74 Å². The molecule has 1 aromatic carbocycles. The van der Waals surface area contributed by atoms with Gasteiger partial charge in [0, 0.05) is 0 Å². The Bertz CT molecular complexity index is 410. The van der Waals surface area contributed by atoms with Gasteiger partial charge in [-0.1, -0.05) is 12.1 Å². The topological polar surface area (TPSA) is 26.3 Å². The van der Waals surface area contributed by atoms with E-state index in [1.807, 2.05) is 0 Å². The van der Waals surface area contributed by atoms with Gasteiger partial charge in [0.05, 0.1) is 6.10 Å². The van der Waals surface area contributed by atoms with Crippen LogP contribution in [0.2, 0.25) is 0 Å². The van der Waals surface area contributed by atoms with Gasteiger partial charge in [0.25, 0.3) is 0 Å². The summed E-state index contributed by atoms with van der Waals surface area (Å²) in [6.45, 7) is 0. The summed E-state index contributed by atoms with van der Waals surface area (Å²) >= 11 is 0. The van der Waals surface area contributed by atoms with Crippen LogP contribution in [0.3, 0.4) is 0 Å². The summed E-state index contributed by atoms with van der Waals surface area (Å²) in [5.74, 6) is -1.69. The molecule has 0 heterocycles. The molecule has 1 saturated carbocycles. The Morgan fingerprint density at radius 1 is 1.35 bits per heavy atom. The third kappa shape index (κ3) is 2.99. The van der Waals surface area contributed by atoms with Crippen LogP contribution in [0.25, 0.3) is 0 Å². The molecule has 5 heteroatoms. The molecule has 0 amide bonds. The molecule has 0 aliphatic heterocycles. The van der Waals surface area contributed by atoms with Crippen molar-refractivity contribution in [2.24, 2.45) is 0 Å². The minimum absolute atomic E-state index is 0.0781. The van der Waals surface area contributed by atoms with Crippen molar-refractivity contribution in [3.63, 3.8) is 0 Å². The summed E-state index contributed by atoms with van der Waals surface area (Å²) in [5.41, 5.74) is -0.0781. The van der Waals surface area contributed by atoms with Gasteiger partial charge in [-0.15, -0.1) is 0 Å². The van der Waals surface area contributed by atoms with Crippen LogP contribution in [-0.4, -0.2) is 18.6 Å². The van der Waals surface area contributed by atoms with Crippen molar-refractivity contribution in [3.05, 3.63) is 29.8 Å². The Balaban J connectivity index is 2.21. The van der Waals surface area contributed by atoms with E-state index in [1.54, 1.807) is 6.07 Å². The lowest BCUT2D eigenvalue weighted by atomic mass is 10.00. The van der Waals surface area contributed by atoms with E-state index < -0.39 is 12.1 Å². The Kier molecular flexibility index (Phi) is 3.09. The average Bonchev–Trinajstić information content (AvgIpc) is 3.01. The van der Waals surface area contributed by atoms with E-state index in [0.717, 1.165) is 12.8 Å². The number of rotatable bonds is 4. The Morgan fingerprint density at radius 3 is 2.59 bits per heavy atom. The fraction of sp³-hybridized carbons (Fsp3) is 0.417. The summed E-state index contributed by atoms with van der Waals surface area (Å²) in [6, 6.07) is 5.63. The first-order valence-corrected chi connectivity index (χ1v) is 5.29. The molecule has 1 aliphatic rings. The minimum atomic E-state index is -4.56. The molecule has 0 N–H and O–H groups in total. The van der Waals surface area contributed by atoms with Gasteiger partial charge in [0.1, 0.15) is 18.0 Å². The van der Waals surface area contributed by atoms with Crippen LogP contribution in [0, 0.1) is 0 Å². The van der Waals surface area contributed by atoms with Gasteiger partial charge < -0.3 is 9.53 Å². The molecule has 0 bridgehead atoms. The predicted molar refractivity (Wildman–Crippen MR) is 55.0 cm³/mol.